The molecule has 0 aliphatic carbocycles. The molecular formula is C13H13F3O. The second-order valence-electron chi connectivity index (χ2n) is 3.87. The maximum absolute atomic E-state index is 12.1. The van der Waals surface area contributed by atoms with Crippen molar-refractivity contribution in [3.63, 3.8) is 0 Å². The average molecular weight is 242 g/mol. The van der Waals surface area contributed by atoms with E-state index in [-0.39, 0.29) is 11.7 Å². The Bertz CT molecular complexity index is 450. The van der Waals surface area contributed by atoms with Gasteiger partial charge >= 0.3 is 6.36 Å². The third-order valence-corrected chi connectivity index (χ3v) is 2.10. The number of halogens is 3. The van der Waals surface area contributed by atoms with Gasteiger partial charge in [0.1, 0.15) is 5.75 Å². The van der Waals surface area contributed by atoms with Crippen LogP contribution in [0.4, 0.5) is 13.2 Å². The first-order valence-corrected chi connectivity index (χ1v) is 5.15. The monoisotopic (exact) mass is 242 g/mol. The maximum atomic E-state index is 12.1. The average Bonchev–Trinajstić information content (AvgIpc) is 2.14. The highest BCUT2D eigenvalue weighted by Crippen LogP contribution is 2.27. The quantitative estimate of drug-likeness (QED) is 0.710. The van der Waals surface area contributed by atoms with E-state index in [0.717, 1.165) is 5.56 Å². The molecule has 0 fully saturated rings. The summed E-state index contributed by atoms with van der Waals surface area (Å²) in [7, 11) is 0. The maximum Gasteiger partial charge on any atom is 0.573 e. The van der Waals surface area contributed by atoms with Gasteiger partial charge in [-0.05, 0) is 36.6 Å². The van der Waals surface area contributed by atoms with Crippen molar-refractivity contribution in [2.75, 3.05) is 0 Å². The van der Waals surface area contributed by atoms with Crippen molar-refractivity contribution >= 4 is 0 Å². The molecule has 0 aromatic heterocycles. The smallest absolute Gasteiger partial charge is 0.406 e. The van der Waals surface area contributed by atoms with Gasteiger partial charge in [-0.25, -0.2) is 0 Å². The zero-order valence-corrected chi connectivity index (χ0v) is 9.85. The number of hydrogen-bond acceptors (Lipinski definition) is 1. The van der Waals surface area contributed by atoms with E-state index in [1.807, 2.05) is 13.8 Å². The van der Waals surface area contributed by atoms with E-state index < -0.39 is 6.36 Å². The molecule has 1 aromatic carbocycles. The van der Waals surface area contributed by atoms with Gasteiger partial charge < -0.3 is 4.74 Å². The fourth-order valence-electron chi connectivity index (χ4n) is 1.36. The zero-order valence-electron chi connectivity index (χ0n) is 9.85. The summed E-state index contributed by atoms with van der Waals surface area (Å²) >= 11 is 0. The molecule has 0 saturated carbocycles. The van der Waals surface area contributed by atoms with E-state index in [9.17, 15) is 13.2 Å². The molecule has 17 heavy (non-hydrogen) atoms. The van der Waals surface area contributed by atoms with Crippen molar-refractivity contribution in [3.05, 3.63) is 29.3 Å². The molecule has 1 aromatic rings. The topological polar surface area (TPSA) is 9.23 Å². The molecule has 1 rings (SSSR count). The Morgan fingerprint density at radius 2 is 1.82 bits per heavy atom. The Labute approximate surface area is 98.6 Å². The van der Waals surface area contributed by atoms with E-state index in [1.165, 1.54) is 12.1 Å². The Morgan fingerprint density at radius 1 is 1.18 bits per heavy atom. The number of benzene rings is 1. The van der Waals surface area contributed by atoms with Crippen LogP contribution in [0.1, 0.15) is 37.8 Å². The summed E-state index contributed by atoms with van der Waals surface area (Å²) in [5.41, 5.74) is 1.29. The fourth-order valence-corrected chi connectivity index (χ4v) is 1.36. The van der Waals surface area contributed by atoms with Crippen LogP contribution >= 0.6 is 0 Å². The van der Waals surface area contributed by atoms with E-state index >= 15 is 0 Å². The van der Waals surface area contributed by atoms with Gasteiger partial charge in [0.25, 0.3) is 0 Å². The Kier molecular flexibility index (Phi) is 4.06. The molecule has 0 aliphatic rings. The van der Waals surface area contributed by atoms with Crippen LogP contribution in [0.2, 0.25) is 0 Å². The van der Waals surface area contributed by atoms with Crippen LogP contribution in [-0.4, -0.2) is 6.36 Å². The molecule has 4 heteroatoms. The van der Waals surface area contributed by atoms with E-state index in [0.29, 0.717) is 5.56 Å². The number of hydrogen-bond donors (Lipinski definition) is 0. The number of rotatable bonds is 2. The van der Waals surface area contributed by atoms with E-state index in [2.05, 4.69) is 16.6 Å². The molecular weight excluding hydrogens is 229 g/mol. The molecule has 0 N–H and O–H groups in total. The van der Waals surface area contributed by atoms with Gasteiger partial charge in [0.05, 0.1) is 0 Å². The van der Waals surface area contributed by atoms with Crippen molar-refractivity contribution in [1.29, 1.82) is 0 Å². The third-order valence-electron chi connectivity index (χ3n) is 2.10. The molecule has 92 valence electrons. The highest BCUT2D eigenvalue weighted by molar-refractivity contribution is 5.44. The highest BCUT2D eigenvalue weighted by Gasteiger charge is 2.31. The molecule has 0 saturated heterocycles. The van der Waals surface area contributed by atoms with Crippen LogP contribution in [0, 0.1) is 11.8 Å². The van der Waals surface area contributed by atoms with Crippen molar-refractivity contribution in [3.8, 4) is 17.6 Å². The summed E-state index contributed by atoms with van der Waals surface area (Å²) in [5, 5.41) is 0. The summed E-state index contributed by atoms with van der Waals surface area (Å²) in [6.45, 7) is 5.43. The van der Waals surface area contributed by atoms with Gasteiger partial charge in [-0.3, -0.25) is 0 Å². The second-order valence-corrected chi connectivity index (χ2v) is 3.87. The Balaban J connectivity index is 3.15. The molecule has 0 aliphatic heterocycles. The van der Waals surface area contributed by atoms with Crippen LogP contribution in [0.15, 0.2) is 18.2 Å². The molecule has 1 nitrogen and oxygen atoms in total. The molecule has 0 spiro atoms. The van der Waals surface area contributed by atoms with Crippen LogP contribution in [0.25, 0.3) is 0 Å². The number of alkyl halides is 3. The van der Waals surface area contributed by atoms with Gasteiger partial charge in [-0.15, -0.1) is 19.1 Å². The number of ether oxygens (including phenoxy) is 1. The van der Waals surface area contributed by atoms with Crippen LogP contribution in [0.3, 0.4) is 0 Å². The first-order valence-electron chi connectivity index (χ1n) is 5.15. The molecule has 0 heterocycles. The standard InChI is InChI=1S/C13H13F3O/c1-4-5-10-6-11(9(2)3)8-12(7-10)17-13(14,15)16/h6-9H,1-3H3. The fraction of sp³-hybridized carbons (Fsp3) is 0.385. The first-order chi connectivity index (χ1) is 7.81. The lowest BCUT2D eigenvalue weighted by molar-refractivity contribution is -0.274. The summed E-state index contributed by atoms with van der Waals surface area (Å²) in [6, 6.07) is 4.44. The summed E-state index contributed by atoms with van der Waals surface area (Å²) in [5.74, 6) is 5.28. The van der Waals surface area contributed by atoms with Gasteiger partial charge in [-0.1, -0.05) is 19.8 Å². The van der Waals surface area contributed by atoms with Crippen molar-refractivity contribution < 1.29 is 17.9 Å². The molecule has 0 bridgehead atoms. The predicted molar refractivity (Wildman–Crippen MR) is 59.8 cm³/mol. The lowest BCUT2D eigenvalue weighted by Crippen LogP contribution is -2.17. The minimum atomic E-state index is -4.67. The minimum absolute atomic E-state index is 0.115. The third kappa shape index (κ3) is 4.39. The molecule has 0 radical (unpaired) electrons. The summed E-state index contributed by atoms with van der Waals surface area (Å²) in [6.07, 6.45) is -4.67. The minimum Gasteiger partial charge on any atom is -0.406 e. The van der Waals surface area contributed by atoms with Crippen LogP contribution in [-0.2, 0) is 0 Å². The lowest BCUT2D eigenvalue weighted by atomic mass is 10.0. The SMILES string of the molecule is CC#Cc1cc(OC(F)(F)F)cc(C(C)C)c1. The van der Waals surface area contributed by atoms with Gasteiger partial charge in [-0.2, -0.15) is 0 Å². The first kappa shape index (κ1) is 13.4. The predicted octanol–water partition coefficient (Wildman–Crippen LogP) is 4.08. The Hall–Kier alpha value is -1.63. The van der Waals surface area contributed by atoms with E-state index in [1.54, 1.807) is 13.0 Å². The summed E-state index contributed by atoms with van der Waals surface area (Å²) in [4.78, 5) is 0. The van der Waals surface area contributed by atoms with Gasteiger partial charge in [0.15, 0.2) is 0 Å². The molecule has 0 atom stereocenters. The van der Waals surface area contributed by atoms with Crippen molar-refractivity contribution in [1.82, 2.24) is 0 Å². The Morgan fingerprint density at radius 3 is 2.29 bits per heavy atom. The van der Waals surface area contributed by atoms with Crippen molar-refractivity contribution in [2.24, 2.45) is 0 Å². The largest absolute Gasteiger partial charge is 0.573 e. The van der Waals surface area contributed by atoms with Gasteiger partial charge in [0.2, 0.25) is 0 Å². The molecule has 0 amide bonds. The normalized spacial score (nSPS) is 11.0. The zero-order chi connectivity index (χ0) is 13.1. The van der Waals surface area contributed by atoms with Crippen LogP contribution < -0.4 is 4.74 Å². The summed E-state index contributed by atoms with van der Waals surface area (Å²) < 4.78 is 40.3. The van der Waals surface area contributed by atoms with Crippen LogP contribution in [0.5, 0.6) is 5.75 Å². The second kappa shape index (κ2) is 5.13. The van der Waals surface area contributed by atoms with Gasteiger partial charge in [0, 0.05) is 5.56 Å². The van der Waals surface area contributed by atoms with Crippen molar-refractivity contribution in [2.45, 2.75) is 33.1 Å². The molecule has 0 unspecified atom stereocenters. The lowest BCUT2D eigenvalue weighted by Gasteiger charge is -2.12. The highest BCUT2D eigenvalue weighted by atomic mass is 19.4. The van der Waals surface area contributed by atoms with E-state index in [4.69, 9.17) is 0 Å².